The molecule has 0 bridgehead atoms. The molecule has 0 saturated heterocycles. The van der Waals surface area contributed by atoms with Crippen LogP contribution in [0.1, 0.15) is 5.56 Å². The summed E-state index contributed by atoms with van der Waals surface area (Å²) >= 11 is 0. The number of anilines is 1. The molecule has 3 aromatic rings. The van der Waals surface area contributed by atoms with Crippen LogP contribution in [0.4, 0.5) is 5.69 Å². The Bertz CT molecular complexity index is 858. The molecule has 0 aliphatic carbocycles. The molecule has 0 saturated carbocycles. The van der Waals surface area contributed by atoms with Crippen LogP contribution in [0.5, 0.6) is 5.75 Å². The summed E-state index contributed by atoms with van der Waals surface area (Å²) in [7, 11) is 1.62. The average Bonchev–Trinajstić information content (AvgIpc) is 2.60. The average molecular weight is 304 g/mol. The SMILES string of the molecule is COc1ccc2cc(NC(=O)/C=C/c3ccccc3)cnc2c1. The van der Waals surface area contributed by atoms with Gasteiger partial charge in [-0.15, -0.1) is 0 Å². The molecule has 1 heterocycles. The number of ether oxygens (including phenoxy) is 1. The highest BCUT2D eigenvalue weighted by molar-refractivity contribution is 6.02. The molecule has 1 aromatic heterocycles. The lowest BCUT2D eigenvalue weighted by molar-refractivity contribution is -0.111. The maximum atomic E-state index is 12.0. The molecule has 0 aliphatic rings. The number of rotatable bonds is 4. The maximum absolute atomic E-state index is 12.0. The molecule has 3 rings (SSSR count). The summed E-state index contributed by atoms with van der Waals surface area (Å²) in [4.78, 5) is 16.3. The first kappa shape index (κ1) is 14.8. The van der Waals surface area contributed by atoms with Crippen LogP contribution in [-0.2, 0) is 4.79 Å². The highest BCUT2D eigenvalue weighted by atomic mass is 16.5. The van der Waals surface area contributed by atoms with E-state index in [4.69, 9.17) is 4.74 Å². The Morgan fingerprint density at radius 1 is 1.13 bits per heavy atom. The third-order valence-electron chi connectivity index (χ3n) is 3.39. The first-order valence-electron chi connectivity index (χ1n) is 7.22. The van der Waals surface area contributed by atoms with Crippen molar-refractivity contribution < 1.29 is 9.53 Å². The smallest absolute Gasteiger partial charge is 0.248 e. The third kappa shape index (κ3) is 3.74. The van der Waals surface area contributed by atoms with Gasteiger partial charge in [-0.2, -0.15) is 0 Å². The third-order valence-corrected chi connectivity index (χ3v) is 3.39. The van der Waals surface area contributed by atoms with Crippen LogP contribution in [0.2, 0.25) is 0 Å². The van der Waals surface area contributed by atoms with Crippen LogP contribution in [-0.4, -0.2) is 18.0 Å². The summed E-state index contributed by atoms with van der Waals surface area (Å²) in [6.45, 7) is 0. The van der Waals surface area contributed by atoms with Crippen molar-refractivity contribution in [2.24, 2.45) is 0 Å². The quantitative estimate of drug-likeness (QED) is 0.744. The topological polar surface area (TPSA) is 51.2 Å². The second kappa shape index (κ2) is 6.75. The van der Waals surface area contributed by atoms with Gasteiger partial charge in [0.1, 0.15) is 5.75 Å². The van der Waals surface area contributed by atoms with Crippen molar-refractivity contribution in [2.75, 3.05) is 12.4 Å². The van der Waals surface area contributed by atoms with Gasteiger partial charge >= 0.3 is 0 Å². The van der Waals surface area contributed by atoms with Crippen molar-refractivity contribution in [1.29, 1.82) is 0 Å². The number of nitrogens with one attached hydrogen (secondary N) is 1. The minimum atomic E-state index is -0.191. The van der Waals surface area contributed by atoms with Crippen LogP contribution < -0.4 is 10.1 Å². The fourth-order valence-electron chi connectivity index (χ4n) is 2.22. The molecule has 0 atom stereocenters. The molecule has 0 unspecified atom stereocenters. The largest absolute Gasteiger partial charge is 0.497 e. The van der Waals surface area contributed by atoms with Gasteiger partial charge in [0.15, 0.2) is 0 Å². The molecule has 4 heteroatoms. The molecule has 0 radical (unpaired) electrons. The molecule has 0 aliphatic heterocycles. The fourth-order valence-corrected chi connectivity index (χ4v) is 2.22. The van der Waals surface area contributed by atoms with Crippen LogP contribution in [0.15, 0.2) is 66.9 Å². The number of amides is 1. The number of nitrogens with zero attached hydrogens (tertiary/aromatic N) is 1. The number of benzene rings is 2. The summed E-state index contributed by atoms with van der Waals surface area (Å²) in [5.74, 6) is 0.566. The van der Waals surface area contributed by atoms with Crippen LogP contribution in [0.3, 0.4) is 0 Å². The lowest BCUT2D eigenvalue weighted by Crippen LogP contribution is -2.07. The van der Waals surface area contributed by atoms with Crippen molar-refractivity contribution >= 4 is 28.6 Å². The number of aromatic nitrogens is 1. The Hall–Kier alpha value is -3.14. The van der Waals surface area contributed by atoms with Crippen molar-refractivity contribution in [3.8, 4) is 5.75 Å². The first-order chi connectivity index (χ1) is 11.2. The molecule has 114 valence electrons. The Balaban J connectivity index is 1.73. The standard InChI is InChI=1S/C19H16N2O2/c1-23-17-9-8-15-11-16(13-20-18(15)12-17)21-19(22)10-7-14-5-3-2-4-6-14/h2-13H,1H3,(H,21,22)/b10-7+. The predicted octanol–water partition coefficient (Wildman–Crippen LogP) is 3.90. The number of hydrogen-bond acceptors (Lipinski definition) is 3. The Kier molecular flexibility index (Phi) is 4.34. The van der Waals surface area contributed by atoms with Gasteiger partial charge < -0.3 is 10.1 Å². The zero-order valence-corrected chi connectivity index (χ0v) is 12.7. The van der Waals surface area contributed by atoms with E-state index in [0.717, 1.165) is 22.2 Å². The number of carbonyl (C=O) groups is 1. The van der Waals surface area contributed by atoms with E-state index in [2.05, 4.69) is 10.3 Å². The second-order valence-electron chi connectivity index (χ2n) is 5.02. The van der Waals surface area contributed by atoms with E-state index in [-0.39, 0.29) is 5.91 Å². The van der Waals surface area contributed by atoms with Gasteiger partial charge in [0.05, 0.1) is 24.5 Å². The zero-order chi connectivity index (χ0) is 16.1. The monoisotopic (exact) mass is 304 g/mol. The summed E-state index contributed by atoms with van der Waals surface area (Å²) in [6, 6.07) is 17.2. The number of carbonyl (C=O) groups excluding carboxylic acids is 1. The van der Waals surface area contributed by atoms with Crippen molar-refractivity contribution in [2.45, 2.75) is 0 Å². The van der Waals surface area contributed by atoms with Crippen molar-refractivity contribution in [3.63, 3.8) is 0 Å². The minimum Gasteiger partial charge on any atom is -0.497 e. The second-order valence-corrected chi connectivity index (χ2v) is 5.02. The predicted molar refractivity (Wildman–Crippen MR) is 92.4 cm³/mol. The molecule has 4 nitrogen and oxygen atoms in total. The summed E-state index contributed by atoms with van der Waals surface area (Å²) in [6.07, 6.45) is 4.91. The highest BCUT2D eigenvalue weighted by Crippen LogP contribution is 2.21. The highest BCUT2D eigenvalue weighted by Gasteiger charge is 2.02. The normalized spacial score (nSPS) is 10.8. The molecule has 23 heavy (non-hydrogen) atoms. The van der Waals surface area contributed by atoms with Gasteiger partial charge in [-0.25, -0.2) is 0 Å². The fraction of sp³-hybridized carbons (Fsp3) is 0.0526. The van der Waals surface area contributed by atoms with Crippen LogP contribution >= 0.6 is 0 Å². The lowest BCUT2D eigenvalue weighted by atomic mass is 10.2. The first-order valence-corrected chi connectivity index (χ1v) is 7.22. The van der Waals surface area contributed by atoms with Gasteiger partial charge in [0.2, 0.25) is 5.91 Å². The van der Waals surface area contributed by atoms with Gasteiger partial charge in [-0.1, -0.05) is 30.3 Å². The van der Waals surface area contributed by atoms with E-state index >= 15 is 0 Å². The summed E-state index contributed by atoms with van der Waals surface area (Å²) in [5, 5.41) is 3.75. The number of fused-ring (bicyclic) bond motifs is 1. The lowest BCUT2D eigenvalue weighted by Gasteiger charge is -2.05. The zero-order valence-electron chi connectivity index (χ0n) is 12.7. The number of hydrogen-bond donors (Lipinski definition) is 1. The number of pyridine rings is 1. The Morgan fingerprint density at radius 3 is 2.74 bits per heavy atom. The van der Waals surface area contributed by atoms with E-state index in [0.29, 0.717) is 5.69 Å². The maximum Gasteiger partial charge on any atom is 0.248 e. The van der Waals surface area contributed by atoms with Crippen molar-refractivity contribution in [3.05, 3.63) is 72.4 Å². The van der Waals surface area contributed by atoms with E-state index < -0.39 is 0 Å². The molecule has 0 spiro atoms. The van der Waals surface area contributed by atoms with Gasteiger partial charge in [0.25, 0.3) is 0 Å². The molecular weight excluding hydrogens is 288 g/mol. The molecule has 1 N–H and O–H groups in total. The minimum absolute atomic E-state index is 0.191. The molecule has 1 amide bonds. The van der Waals surface area contributed by atoms with Crippen molar-refractivity contribution in [1.82, 2.24) is 4.98 Å². The Labute approximate surface area is 134 Å². The van der Waals surface area contributed by atoms with E-state index in [1.165, 1.54) is 6.08 Å². The van der Waals surface area contributed by atoms with E-state index in [1.807, 2.05) is 54.6 Å². The van der Waals surface area contributed by atoms with Gasteiger partial charge in [-0.3, -0.25) is 9.78 Å². The molecular formula is C19H16N2O2. The van der Waals surface area contributed by atoms with Gasteiger partial charge in [0, 0.05) is 17.5 Å². The van der Waals surface area contributed by atoms with Crippen LogP contribution in [0.25, 0.3) is 17.0 Å². The molecule has 0 fully saturated rings. The number of methoxy groups -OCH3 is 1. The summed E-state index contributed by atoms with van der Waals surface area (Å²) < 4.78 is 5.17. The van der Waals surface area contributed by atoms with E-state index in [1.54, 1.807) is 19.4 Å². The Morgan fingerprint density at radius 2 is 1.96 bits per heavy atom. The van der Waals surface area contributed by atoms with Crippen LogP contribution in [0, 0.1) is 0 Å². The molecule has 2 aromatic carbocycles. The van der Waals surface area contributed by atoms with Gasteiger partial charge in [-0.05, 0) is 29.8 Å². The summed E-state index contributed by atoms with van der Waals surface area (Å²) in [5.41, 5.74) is 2.46. The van der Waals surface area contributed by atoms with E-state index in [9.17, 15) is 4.79 Å².